The normalized spacial score (nSPS) is 17.2. The van der Waals surface area contributed by atoms with Crippen LogP contribution in [0.1, 0.15) is 57.7 Å². The van der Waals surface area contributed by atoms with Crippen molar-refractivity contribution in [2.75, 3.05) is 19.0 Å². The molecule has 7 heteroatoms. The highest BCUT2D eigenvalue weighted by Crippen LogP contribution is 2.48. The average Bonchev–Trinajstić information content (AvgIpc) is 3.30. The molecule has 0 saturated carbocycles. The molecule has 2 aliphatic rings. The molecule has 0 aliphatic carbocycles. The zero-order chi connectivity index (χ0) is 25.0. The molecule has 3 heterocycles. The van der Waals surface area contributed by atoms with Crippen LogP contribution in [0.4, 0.5) is 5.69 Å². The summed E-state index contributed by atoms with van der Waals surface area (Å²) in [6.07, 6.45) is 2.15. The van der Waals surface area contributed by atoms with Crippen LogP contribution in [0.25, 0.3) is 10.9 Å². The molecule has 0 saturated heterocycles. The number of nitrogens with zero attached hydrogens (tertiary/aromatic N) is 2. The summed E-state index contributed by atoms with van der Waals surface area (Å²) in [7, 11) is 1.62. The average molecular weight is 474 g/mol. The molecular weight excluding hydrogens is 442 g/mol. The maximum Gasteiger partial charge on any atom is 0.259 e. The number of hydrogen-bond acceptors (Lipinski definition) is 5. The SMILES string of the molecule is COc1cc([C@H]2C3=C(CN(C(C)=O)C3=O)Nc3cccc4c3c2cn4C(C)C)ccc1OC(C)C. The van der Waals surface area contributed by atoms with Gasteiger partial charge in [-0.15, -0.1) is 0 Å². The lowest BCUT2D eigenvalue weighted by Crippen LogP contribution is -2.33. The molecule has 0 radical (unpaired) electrons. The van der Waals surface area contributed by atoms with E-state index in [1.54, 1.807) is 7.11 Å². The van der Waals surface area contributed by atoms with Crippen molar-refractivity contribution in [2.24, 2.45) is 0 Å². The number of nitrogens with one attached hydrogen (secondary N) is 1. The van der Waals surface area contributed by atoms with E-state index in [0.717, 1.165) is 33.4 Å². The van der Waals surface area contributed by atoms with Gasteiger partial charge in [-0.3, -0.25) is 14.5 Å². The number of rotatable bonds is 5. The Kier molecular flexibility index (Phi) is 5.58. The third-order valence-electron chi connectivity index (χ3n) is 6.71. The van der Waals surface area contributed by atoms with E-state index in [9.17, 15) is 9.59 Å². The second-order valence-corrected chi connectivity index (χ2v) is 9.72. The maximum absolute atomic E-state index is 13.6. The van der Waals surface area contributed by atoms with Crippen LogP contribution in [0, 0.1) is 0 Å². The van der Waals surface area contributed by atoms with Crippen molar-refractivity contribution in [1.29, 1.82) is 0 Å². The summed E-state index contributed by atoms with van der Waals surface area (Å²) in [4.78, 5) is 27.3. The number of benzene rings is 2. The van der Waals surface area contributed by atoms with E-state index in [2.05, 4.69) is 36.0 Å². The first-order valence-electron chi connectivity index (χ1n) is 12.0. The summed E-state index contributed by atoms with van der Waals surface area (Å²) in [6.45, 7) is 9.90. The van der Waals surface area contributed by atoms with Gasteiger partial charge in [0.2, 0.25) is 5.91 Å². The highest BCUT2D eigenvalue weighted by atomic mass is 16.5. The highest BCUT2D eigenvalue weighted by molar-refractivity contribution is 6.11. The van der Waals surface area contributed by atoms with Crippen LogP contribution in [0.2, 0.25) is 0 Å². The smallest absolute Gasteiger partial charge is 0.259 e. The first-order valence-corrected chi connectivity index (χ1v) is 12.0. The molecule has 2 aromatic carbocycles. The van der Waals surface area contributed by atoms with Gasteiger partial charge in [0.15, 0.2) is 11.5 Å². The van der Waals surface area contributed by atoms with Crippen molar-refractivity contribution < 1.29 is 19.1 Å². The minimum absolute atomic E-state index is 0.00162. The lowest BCUT2D eigenvalue weighted by atomic mass is 9.84. The Labute approximate surface area is 205 Å². The molecule has 182 valence electrons. The van der Waals surface area contributed by atoms with Gasteiger partial charge in [0, 0.05) is 41.9 Å². The molecule has 5 rings (SSSR count). The topological polar surface area (TPSA) is 72.8 Å². The second kappa shape index (κ2) is 8.48. The van der Waals surface area contributed by atoms with Crippen molar-refractivity contribution in [3.8, 4) is 11.5 Å². The van der Waals surface area contributed by atoms with E-state index in [0.29, 0.717) is 17.1 Å². The zero-order valence-corrected chi connectivity index (χ0v) is 21.0. The molecule has 35 heavy (non-hydrogen) atoms. The molecule has 2 aliphatic heterocycles. The Hall–Kier alpha value is -3.74. The molecule has 1 N–H and O–H groups in total. The number of aromatic nitrogens is 1. The van der Waals surface area contributed by atoms with Crippen LogP contribution in [0.3, 0.4) is 0 Å². The third-order valence-corrected chi connectivity index (χ3v) is 6.71. The van der Waals surface area contributed by atoms with E-state index >= 15 is 0 Å². The van der Waals surface area contributed by atoms with E-state index in [1.807, 2.05) is 44.2 Å². The number of methoxy groups -OCH3 is 1. The Morgan fingerprint density at radius 2 is 1.89 bits per heavy atom. The Bertz CT molecular complexity index is 1380. The number of imide groups is 1. The predicted octanol–water partition coefficient (Wildman–Crippen LogP) is 5.22. The molecule has 0 spiro atoms. The summed E-state index contributed by atoms with van der Waals surface area (Å²) in [5, 5.41) is 4.60. The number of carbonyl (C=O) groups is 2. The maximum atomic E-state index is 13.6. The van der Waals surface area contributed by atoms with Gasteiger partial charge in [-0.2, -0.15) is 0 Å². The van der Waals surface area contributed by atoms with Crippen LogP contribution in [0.5, 0.6) is 11.5 Å². The van der Waals surface area contributed by atoms with Crippen molar-refractivity contribution in [3.05, 3.63) is 65.0 Å². The molecule has 3 aromatic rings. The van der Waals surface area contributed by atoms with Gasteiger partial charge in [-0.25, -0.2) is 0 Å². The Morgan fingerprint density at radius 3 is 2.54 bits per heavy atom. The third kappa shape index (κ3) is 3.66. The van der Waals surface area contributed by atoms with Crippen LogP contribution in [0.15, 0.2) is 53.9 Å². The lowest BCUT2D eigenvalue weighted by Gasteiger charge is -2.21. The minimum Gasteiger partial charge on any atom is -0.493 e. The first-order chi connectivity index (χ1) is 16.7. The van der Waals surface area contributed by atoms with Crippen LogP contribution in [-0.2, 0) is 9.59 Å². The molecule has 1 atom stereocenters. The number of carbonyl (C=O) groups excluding carboxylic acids is 2. The van der Waals surface area contributed by atoms with E-state index in [1.165, 1.54) is 11.8 Å². The first kappa shape index (κ1) is 23.0. The quantitative estimate of drug-likeness (QED) is 0.550. The number of amides is 2. The van der Waals surface area contributed by atoms with Gasteiger partial charge in [0.25, 0.3) is 5.91 Å². The molecule has 0 fully saturated rings. The summed E-state index contributed by atoms with van der Waals surface area (Å²) in [5.41, 5.74) is 5.34. The number of anilines is 1. The van der Waals surface area contributed by atoms with Crippen molar-refractivity contribution in [3.63, 3.8) is 0 Å². The monoisotopic (exact) mass is 473 g/mol. The highest BCUT2D eigenvalue weighted by Gasteiger charge is 2.42. The summed E-state index contributed by atoms with van der Waals surface area (Å²) < 4.78 is 13.9. The summed E-state index contributed by atoms with van der Waals surface area (Å²) in [5.74, 6) is 0.366. The van der Waals surface area contributed by atoms with E-state index in [-0.39, 0.29) is 36.4 Å². The zero-order valence-electron chi connectivity index (χ0n) is 21.0. The van der Waals surface area contributed by atoms with Gasteiger partial charge in [0.1, 0.15) is 0 Å². The summed E-state index contributed by atoms with van der Waals surface area (Å²) >= 11 is 0. The molecular formula is C28H31N3O4. The van der Waals surface area contributed by atoms with Gasteiger partial charge in [-0.05, 0) is 63.1 Å². The molecule has 0 bridgehead atoms. The van der Waals surface area contributed by atoms with Crippen molar-refractivity contribution in [1.82, 2.24) is 9.47 Å². The largest absolute Gasteiger partial charge is 0.493 e. The molecule has 2 amide bonds. The van der Waals surface area contributed by atoms with Crippen LogP contribution >= 0.6 is 0 Å². The van der Waals surface area contributed by atoms with Gasteiger partial charge >= 0.3 is 0 Å². The van der Waals surface area contributed by atoms with Crippen molar-refractivity contribution in [2.45, 2.75) is 52.7 Å². The van der Waals surface area contributed by atoms with Gasteiger partial charge < -0.3 is 19.4 Å². The molecule has 0 unspecified atom stereocenters. The standard InChI is InChI=1S/C28H31N3O4/c1-15(2)30-13-19-25(18-10-11-23(35-16(3)4)24(12-18)34-6)27-21(14-31(17(5)32)28(27)33)29-20-8-7-9-22(30)26(19)20/h7-13,15-16,25,29H,14H2,1-6H3/t25-/m1/s1. The lowest BCUT2D eigenvalue weighted by molar-refractivity contribution is -0.139. The Balaban J connectivity index is 1.78. The fraction of sp³-hybridized carbons (Fsp3) is 0.357. The van der Waals surface area contributed by atoms with E-state index in [4.69, 9.17) is 9.47 Å². The van der Waals surface area contributed by atoms with Crippen LogP contribution in [-0.4, -0.2) is 41.0 Å². The fourth-order valence-corrected chi connectivity index (χ4v) is 5.22. The van der Waals surface area contributed by atoms with E-state index < -0.39 is 0 Å². The Morgan fingerprint density at radius 1 is 1.11 bits per heavy atom. The van der Waals surface area contributed by atoms with Gasteiger partial charge in [0.05, 0.1) is 30.8 Å². The number of ether oxygens (including phenoxy) is 2. The molecule has 1 aromatic heterocycles. The van der Waals surface area contributed by atoms with Gasteiger partial charge in [-0.1, -0.05) is 12.1 Å². The second-order valence-electron chi connectivity index (χ2n) is 9.72. The summed E-state index contributed by atoms with van der Waals surface area (Å²) in [6, 6.07) is 12.2. The fourth-order valence-electron chi connectivity index (χ4n) is 5.22. The minimum atomic E-state index is -0.373. The molecule has 7 nitrogen and oxygen atoms in total. The number of hydrogen-bond donors (Lipinski definition) is 1. The van der Waals surface area contributed by atoms with Crippen LogP contribution < -0.4 is 14.8 Å². The van der Waals surface area contributed by atoms with Crippen molar-refractivity contribution >= 4 is 28.4 Å². The predicted molar refractivity (Wildman–Crippen MR) is 136 cm³/mol.